The number of benzene rings is 1. The van der Waals surface area contributed by atoms with Gasteiger partial charge in [0.05, 0.1) is 10.6 Å². The standard InChI is InChI=1S/C18H17N3O4S2.CH2O2/c1-12-8-13(2)21(18(23)19-12)9-17(22)20-15-10-26-11-16(15)27(24,25)14-6-4-3-5-7-14;2-1-3/h3-8,10-11H,9H2,1-2H3,(H,20,22);1H,(H,2,3). The summed E-state index contributed by atoms with van der Waals surface area (Å²) in [6.45, 7) is 2.91. The summed E-state index contributed by atoms with van der Waals surface area (Å²) in [5, 5.41) is 12.5. The van der Waals surface area contributed by atoms with Crippen LogP contribution in [0, 0.1) is 13.8 Å². The fourth-order valence-electron chi connectivity index (χ4n) is 2.61. The van der Waals surface area contributed by atoms with Crippen LogP contribution in [-0.2, 0) is 26.0 Å². The average Bonchev–Trinajstić information content (AvgIpc) is 3.15. The molecule has 11 heteroatoms. The number of sulfone groups is 1. The fourth-order valence-corrected chi connectivity index (χ4v) is 5.17. The molecule has 3 rings (SSSR count). The lowest BCUT2D eigenvalue weighted by Crippen LogP contribution is -2.31. The highest BCUT2D eigenvalue weighted by molar-refractivity contribution is 7.91. The molecule has 9 nitrogen and oxygen atoms in total. The molecule has 0 radical (unpaired) electrons. The van der Waals surface area contributed by atoms with Crippen LogP contribution in [0.25, 0.3) is 0 Å². The molecule has 2 N–H and O–H groups in total. The molecule has 2 aromatic heterocycles. The number of rotatable bonds is 5. The Kier molecular flexibility index (Phi) is 7.61. The van der Waals surface area contributed by atoms with Crippen LogP contribution in [0.5, 0.6) is 0 Å². The van der Waals surface area contributed by atoms with E-state index in [4.69, 9.17) is 9.90 Å². The molecule has 1 aromatic carbocycles. The third-order valence-corrected chi connectivity index (χ3v) is 6.59. The van der Waals surface area contributed by atoms with Gasteiger partial charge in [-0.3, -0.25) is 14.2 Å². The number of hydrogen-bond donors (Lipinski definition) is 2. The highest BCUT2D eigenvalue weighted by Crippen LogP contribution is 2.31. The first kappa shape index (κ1) is 23.0. The molecular weight excluding hydrogens is 430 g/mol. The van der Waals surface area contributed by atoms with Crippen molar-refractivity contribution in [2.75, 3.05) is 5.32 Å². The van der Waals surface area contributed by atoms with Crippen LogP contribution in [0.15, 0.2) is 61.7 Å². The Labute approximate surface area is 176 Å². The topological polar surface area (TPSA) is 135 Å². The van der Waals surface area contributed by atoms with Crippen LogP contribution < -0.4 is 11.0 Å². The fraction of sp³-hybridized carbons (Fsp3) is 0.158. The highest BCUT2D eigenvalue weighted by Gasteiger charge is 2.23. The van der Waals surface area contributed by atoms with E-state index < -0.39 is 21.4 Å². The van der Waals surface area contributed by atoms with E-state index in [0.29, 0.717) is 11.4 Å². The molecule has 0 aliphatic rings. The summed E-state index contributed by atoms with van der Waals surface area (Å²) in [6, 6.07) is 9.70. The second-order valence-electron chi connectivity index (χ2n) is 6.03. The number of amides is 1. The summed E-state index contributed by atoms with van der Waals surface area (Å²) in [7, 11) is -3.75. The maximum atomic E-state index is 12.8. The molecule has 0 atom stereocenters. The summed E-state index contributed by atoms with van der Waals surface area (Å²) in [5.41, 5.74) is 0.845. The van der Waals surface area contributed by atoms with E-state index in [9.17, 15) is 18.0 Å². The van der Waals surface area contributed by atoms with Gasteiger partial charge in [-0.15, -0.1) is 11.3 Å². The Morgan fingerprint density at radius 3 is 2.47 bits per heavy atom. The number of nitrogens with zero attached hydrogens (tertiary/aromatic N) is 2. The molecule has 30 heavy (non-hydrogen) atoms. The van der Waals surface area contributed by atoms with E-state index in [1.54, 1.807) is 43.5 Å². The van der Waals surface area contributed by atoms with E-state index in [1.165, 1.54) is 33.4 Å². The van der Waals surface area contributed by atoms with Gasteiger partial charge in [-0.25, -0.2) is 13.2 Å². The Bertz CT molecular complexity index is 1200. The Balaban J connectivity index is 0.00000101. The van der Waals surface area contributed by atoms with Crippen LogP contribution >= 0.6 is 11.3 Å². The number of nitrogens with one attached hydrogen (secondary N) is 1. The lowest BCUT2D eigenvalue weighted by atomic mass is 10.3. The number of hydrogen-bond acceptors (Lipinski definition) is 7. The lowest BCUT2D eigenvalue weighted by molar-refractivity contribution is -0.123. The number of carboxylic acid groups (broad SMARTS) is 1. The summed E-state index contributed by atoms with van der Waals surface area (Å²) in [4.78, 5) is 36.7. The predicted molar refractivity (Wildman–Crippen MR) is 112 cm³/mol. The number of aryl methyl sites for hydroxylation is 2. The zero-order valence-electron chi connectivity index (χ0n) is 16.1. The van der Waals surface area contributed by atoms with E-state index in [2.05, 4.69) is 10.3 Å². The van der Waals surface area contributed by atoms with Crippen molar-refractivity contribution >= 4 is 39.2 Å². The number of anilines is 1. The zero-order valence-corrected chi connectivity index (χ0v) is 17.7. The number of carbonyl (C=O) groups excluding carboxylic acids is 1. The molecule has 0 fully saturated rings. The van der Waals surface area contributed by atoms with Gasteiger partial charge in [0.1, 0.15) is 11.4 Å². The summed E-state index contributed by atoms with van der Waals surface area (Å²) in [6.07, 6.45) is 0. The van der Waals surface area contributed by atoms with Gasteiger partial charge in [0.2, 0.25) is 15.7 Å². The molecular formula is C19H19N3O6S2. The van der Waals surface area contributed by atoms with E-state index in [0.717, 1.165) is 0 Å². The Morgan fingerprint density at radius 2 is 1.87 bits per heavy atom. The second-order valence-corrected chi connectivity index (χ2v) is 8.69. The Hall–Kier alpha value is -3.31. The van der Waals surface area contributed by atoms with Crippen LogP contribution in [0.2, 0.25) is 0 Å². The van der Waals surface area contributed by atoms with Crippen molar-refractivity contribution in [3.05, 3.63) is 69.0 Å². The minimum Gasteiger partial charge on any atom is -0.483 e. The summed E-state index contributed by atoms with van der Waals surface area (Å²) < 4.78 is 26.8. The molecule has 0 aliphatic heterocycles. The molecule has 1 amide bonds. The van der Waals surface area contributed by atoms with Gasteiger partial charge < -0.3 is 10.4 Å². The maximum absolute atomic E-state index is 12.8. The van der Waals surface area contributed by atoms with Gasteiger partial charge in [-0.1, -0.05) is 18.2 Å². The van der Waals surface area contributed by atoms with E-state index in [-0.39, 0.29) is 28.5 Å². The normalized spacial score (nSPS) is 10.6. The van der Waals surface area contributed by atoms with E-state index >= 15 is 0 Å². The van der Waals surface area contributed by atoms with Gasteiger partial charge in [0.15, 0.2) is 0 Å². The largest absolute Gasteiger partial charge is 0.483 e. The first-order valence-electron chi connectivity index (χ1n) is 8.49. The second kappa shape index (κ2) is 9.94. The SMILES string of the molecule is Cc1cc(C)n(CC(=O)Nc2cscc2S(=O)(=O)c2ccccc2)c(=O)n1.O=CO. The molecule has 0 bridgehead atoms. The minimum absolute atomic E-state index is 0.0261. The molecule has 158 valence electrons. The Morgan fingerprint density at radius 1 is 1.23 bits per heavy atom. The van der Waals surface area contributed by atoms with Crippen molar-refractivity contribution in [1.29, 1.82) is 0 Å². The molecule has 0 unspecified atom stereocenters. The number of thiophene rings is 1. The molecule has 0 saturated carbocycles. The summed E-state index contributed by atoms with van der Waals surface area (Å²) in [5.74, 6) is -0.506. The van der Waals surface area contributed by atoms with Crippen LogP contribution in [0.3, 0.4) is 0 Å². The maximum Gasteiger partial charge on any atom is 0.348 e. The summed E-state index contributed by atoms with van der Waals surface area (Å²) >= 11 is 1.17. The van der Waals surface area contributed by atoms with Crippen molar-refractivity contribution in [1.82, 2.24) is 9.55 Å². The van der Waals surface area contributed by atoms with Crippen molar-refractivity contribution in [3.8, 4) is 0 Å². The van der Waals surface area contributed by atoms with Gasteiger partial charge >= 0.3 is 5.69 Å². The third-order valence-electron chi connectivity index (χ3n) is 3.89. The monoisotopic (exact) mass is 449 g/mol. The van der Waals surface area contributed by atoms with Crippen molar-refractivity contribution in [2.45, 2.75) is 30.2 Å². The average molecular weight is 450 g/mol. The third kappa shape index (κ3) is 5.39. The molecule has 0 aliphatic carbocycles. The molecule has 0 spiro atoms. The van der Waals surface area contributed by atoms with Crippen LogP contribution in [0.4, 0.5) is 5.69 Å². The van der Waals surface area contributed by atoms with Gasteiger partial charge in [-0.05, 0) is 32.0 Å². The quantitative estimate of drug-likeness (QED) is 0.569. The predicted octanol–water partition coefficient (Wildman–Crippen LogP) is 2.09. The van der Waals surface area contributed by atoms with Crippen molar-refractivity contribution < 1.29 is 23.1 Å². The van der Waals surface area contributed by atoms with Crippen LogP contribution in [-0.4, -0.2) is 35.5 Å². The smallest absolute Gasteiger partial charge is 0.348 e. The molecule has 0 saturated heterocycles. The first-order chi connectivity index (χ1) is 14.2. The molecule has 3 aromatic rings. The van der Waals surface area contributed by atoms with Gasteiger partial charge in [-0.2, -0.15) is 4.98 Å². The highest BCUT2D eigenvalue weighted by atomic mass is 32.2. The van der Waals surface area contributed by atoms with Crippen molar-refractivity contribution in [3.63, 3.8) is 0 Å². The minimum atomic E-state index is -3.75. The number of aromatic nitrogens is 2. The van der Waals surface area contributed by atoms with E-state index in [1.807, 2.05) is 0 Å². The lowest BCUT2D eigenvalue weighted by Gasteiger charge is -2.11. The van der Waals surface area contributed by atoms with Crippen molar-refractivity contribution in [2.24, 2.45) is 0 Å². The first-order valence-corrected chi connectivity index (χ1v) is 10.9. The molecule has 2 heterocycles. The number of carbonyl (C=O) groups is 2. The van der Waals surface area contributed by atoms with Gasteiger partial charge in [0, 0.05) is 22.1 Å². The zero-order chi connectivity index (χ0) is 22.3. The van der Waals surface area contributed by atoms with Crippen LogP contribution in [0.1, 0.15) is 11.4 Å². The van der Waals surface area contributed by atoms with Gasteiger partial charge in [0.25, 0.3) is 6.47 Å².